The molecule has 0 saturated carbocycles. The molecule has 0 aliphatic carbocycles. The monoisotopic (exact) mass is 407 g/mol. The maximum absolute atomic E-state index is 13.0. The van der Waals surface area contributed by atoms with Crippen LogP contribution < -0.4 is 18.9 Å². The number of nitrogens with one attached hydrogen (secondary N) is 1. The average molecular weight is 408 g/mol. The Kier molecular flexibility index (Phi) is 7.32. The van der Waals surface area contributed by atoms with Crippen LogP contribution in [0.15, 0.2) is 35.2 Å². The summed E-state index contributed by atoms with van der Waals surface area (Å²) in [5, 5.41) is 0. The molecule has 28 heavy (non-hydrogen) atoms. The van der Waals surface area contributed by atoms with E-state index in [4.69, 9.17) is 14.2 Å². The van der Waals surface area contributed by atoms with E-state index in [1.165, 1.54) is 0 Å². The number of hydrogen-bond acceptors (Lipinski definition) is 5. The number of hydrogen-bond donors (Lipinski definition) is 1. The second-order valence-electron chi connectivity index (χ2n) is 6.43. The van der Waals surface area contributed by atoms with Crippen molar-refractivity contribution >= 4 is 10.0 Å². The molecular formula is C21H29NO5S. The molecule has 154 valence electrons. The van der Waals surface area contributed by atoms with Gasteiger partial charge in [-0.3, -0.25) is 0 Å². The van der Waals surface area contributed by atoms with E-state index in [0.717, 1.165) is 11.1 Å². The molecule has 2 rings (SSSR count). The molecule has 0 aromatic heterocycles. The number of sulfonamides is 1. The van der Waals surface area contributed by atoms with Crippen LogP contribution in [0.1, 0.15) is 43.5 Å². The number of ether oxygens (including phenoxy) is 3. The highest BCUT2D eigenvalue weighted by Gasteiger charge is 2.23. The lowest BCUT2D eigenvalue weighted by Gasteiger charge is -2.19. The van der Waals surface area contributed by atoms with E-state index in [-0.39, 0.29) is 4.90 Å². The van der Waals surface area contributed by atoms with E-state index in [2.05, 4.69) is 4.72 Å². The van der Waals surface area contributed by atoms with Crippen LogP contribution in [-0.2, 0) is 10.0 Å². The molecule has 0 fully saturated rings. The van der Waals surface area contributed by atoms with Gasteiger partial charge in [-0.2, -0.15) is 0 Å². The van der Waals surface area contributed by atoms with Crippen molar-refractivity contribution in [2.45, 2.75) is 45.6 Å². The van der Waals surface area contributed by atoms with Crippen LogP contribution in [0.25, 0.3) is 0 Å². The van der Waals surface area contributed by atoms with Crippen molar-refractivity contribution in [1.82, 2.24) is 4.72 Å². The summed E-state index contributed by atoms with van der Waals surface area (Å²) in [5.41, 5.74) is 2.26. The van der Waals surface area contributed by atoms with Gasteiger partial charge >= 0.3 is 0 Å². The predicted molar refractivity (Wildman–Crippen MR) is 110 cm³/mol. The van der Waals surface area contributed by atoms with Gasteiger partial charge in [0.25, 0.3) is 0 Å². The first-order valence-corrected chi connectivity index (χ1v) is 10.8. The summed E-state index contributed by atoms with van der Waals surface area (Å²) < 4.78 is 45.2. The molecule has 6 nitrogen and oxygen atoms in total. The standard InChI is InChI=1S/C21H29NO5S/c1-7-26-19-10-9-17(13-20(19)27-8-2)16(5)22-28(23,24)21-12-11-18(25-6)14(3)15(21)4/h9-13,16,22H,7-8H2,1-6H3. The summed E-state index contributed by atoms with van der Waals surface area (Å²) in [4.78, 5) is 0.244. The van der Waals surface area contributed by atoms with Crippen molar-refractivity contribution < 1.29 is 22.6 Å². The SMILES string of the molecule is CCOc1ccc(C(C)NS(=O)(=O)c2ccc(OC)c(C)c2C)cc1OCC. The van der Waals surface area contributed by atoms with Crippen LogP contribution in [0, 0.1) is 13.8 Å². The first-order valence-electron chi connectivity index (χ1n) is 9.31. The Morgan fingerprint density at radius 1 is 0.929 bits per heavy atom. The third kappa shape index (κ3) is 4.77. The minimum atomic E-state index is -3.71. The minimum absolute atomic E-state index is 0.244. The second-order valence-corrected chi connectivity index (χ2v) is 8.11. The van der Waals surface area contributed by atoms with Crippen LogP contribution in [0.5, 0.6) is 17.2 Å². The highest BCUT2D eigenvalue weighted by molar-refractivity contribution is 7.89. The quantitative estimate of drug-likeness (QED) is 0.676. The van der Waals surface area contributed by atoms with Gasteiger partial charge in [0, 0.05) is 6.04 Å². The molecule has 7 heteroatoms. The lowest BCUT2D eigenvalue weighted by atomic mass is 10.1. The first-order chi connectivity index (χ1) is 13.2. The third-order valence-corrected chi connectivity index (χ3v) is 6.28. The molecule has 1 unspecified atom stereocenters. The van der Waals surface area contributed by atoms with Gasteiger partial charge in [-0.25, -0.2) is 13.1 Å². The lowest BCUT2D eigenvalue weighted by Crippen LogP contribution is -2.27. The fourth-order valence-corrected chi connectivity index (χ4v) is 4.52. The Morgan fingerprint density at radius 2 is 1.54 bits per heavy atom. The van der Waals surface area contributed by atoms with Crippen molar-refractivity contribution in [3.05, 3.63) is 47.0 Å². The number of methoxy groups -OCH3 is 1. The number of benzene rings is 2. The molecule has 2 aromatic rings. The van der Waals surface area contributed by atoms with Gasteiger partial charge in [-0.05, 0) is 75.6 Å². The van der Waals surface area contributed by atoms with E-state index >= 15 is 0 Å². The molecule has 0 radical (unpaired) electrons. The Morgan fingerprint density at radius 3 is 2.14 bits per heavy atom. The minimum Gasteiger partial charge on any atom is -0.496 e. The highest BCUT2D eigenvalue weighted by Crippen LogP contribution is 2.32. The molecular weight excluding hydrogens is 378 g/mol. The molecule has 0 aliphatic rings. The van der Waals surface area contributed by atoms with E-state index in [1.807, 2.05) is 32.9 Å². The van der Waals surface area contributed by atoms with Crippen molar-refractivity contribution in [2.24, 2.45) is 0 Å². The molecule has 0 saturated heterocycles. The van der Waals surface area contributed by atoms with Gasteiger partial charge in [0.1, 0.15) is 5.75 Å². The average Bonchev–Trinajstić information content (AvgIpc) is 2.65. The molecule has 0 spiro atoms. The van der Waals surface area contributed by atoms with Gasteiger partial charge in [-0.1, -0.05) is 6.07 Å². The summed E-state index contributed by atoms with van der Waals surface area (Å²) in [6, 6.07) is 8.26. The number of rotatable bonds is 9. The van der Waals surface area contributed by atoms with E-state index in [1.54, 1.807) is 39.2 Å². The van der Waals surface area contributed by atoms with E-state index in [9.17, 15) is 8.42 Å². The topological polar surface area (TPSA) is 73.9 Å². The summed E-state index contributed by atoms with van der Waals surface area (Å²) in [7, 11) is -2.14. The zero-order valence-electron chi connectivity index (χ0n) is 17.3. The Balaban J connectivity index is 2.32. The predicted octanol–water partition coefficient (Wildman–Crippen LogP) is 4.15. The fourth-order valence-electron chi connectivity index (χ4n) is 2.98. The van der Waals surface area contributed by atoms with Gasteiger partial charge in [0.2, 0.25) is 10.0 Å². The lowest BCUT2D eigenvalue weighted by molar-refractivity contribution is 0.287. The van der Waals surface area contributed by atoms with Gasteiger partial charge < -0.3 is 14.2 Å². The van der Waals surface area contributed by atoms with E-state index in [0.29, 0.717) is 36.0 Å². The van der Waals surface area contributed by atoms with Crippen molar-refractivity contribution in [2.75, 3.05) is 20.3 Å². The zero-order valence-corrected chi connectivity index (χ0v) is 18.1. The molecule has 1 N–H and O–H groups in total. The summed E-state index contributed by atoms with van der Waals surface area (Å²) in [6.45, 7) is 10.2. The molecule has 0 amide bonds. The second kappa shape index (κ2) is 9.30. The molecule has 2 aromatic carbocycles. The Bertz CT molecular complexity index is 925. The fraction of sp³-hybridized carbons (Fsp3) is 0.429. The van der Waals surface area contributed by atoms with Crippen LogP contribution >= 0.6 is 0 Å². The van der Waals surface area contributed by atoms with Gasteiger partial charge in [-0.15, -0.1) is 0 Å². The molecule has 0 aliphatic heterocycles. The van der Waals surface area contributed by atoms with Gasteiger partial charge in [0.15, 0.2) is 11.5 Å². The maximum Gasteiger partial charge on any atom is 0.241 e. The Labute approximate surface area is 167 Å². The smallest absolute Gasteiger partial charge is 0.241 e. The van der Waals surface area contributed by atoms with Crippen LogP contribution in [0.2, 0.25) is 0 Å². The van der Waals surface area contributed by atoms with Crippen molar-refractivity contribution in [3.63, 3.8) is 0 Å². The Hall–Kier alpha value is -2.25. The van der Waals surface area contributed by atoms with Gasteiger partial charge in [0.05, 0.1) is 25.2 Å². The maximum atomic E-state index is 13.0. The third-order valence-electron chi connectivity index (χ3n) is 4.60. The van der Waals surface area contributed by atoms with Crippen LogP contribution in [-0.4, -0.2) is 28.7 Å². The first kappa shape index (κ1) is 22.0. The molecule has 0 heterocycles. The zero-order chi connectivity index (χ0) is 20.9. The largest absolute Gasteiger partial charge is 0.496 e. The summed E-state index contributed by atoms with van der Waals surface area (Å²) in [6.07, 6.45) is 0. The van der Waals surface area contributed by atoms with Crippen LogP contribution in [0.4, 0.5) is 0 Å². The summed E-state index contributed by atoms with van der Waals surface area (Å²) >= 11 is 0. The van der Waals surface area contributed by atoms with Crippen LogP contribution in [0.3, 0.4) is 0 Å². The highest BCUT2D eigenvalue weighted by atomic mass is 32.2. The van der Waals surface area contributed by atoms with Crippen molar-refractivity contribution in [3.8, 4) is 17.2 Å². The summed E-state index contributed by atoms with van der Waals surface area (Å²) in [5.74, 6) is 1.91. The normalized spacial score (nSPS) is 12.5. The van der Waals surface area contributed by atoms with E-state index < -0.39 is 16.1 Å². The molecule has 0 bridgehead atoms. The molecule has 1 atom stereocenters. The van der Waals surface area contributed by atoms with Crippen molar-refractivity contribution in [1.29, 1.82) is 0 Å².